The van der Waals surface area contributed by atoms with Crippen LogP contribution in [0.4, 0.5) is 5.95 Å². The standard InChI is InChI=1S/C9H8N8S/c10-6-14-7(17-4-3-11-5-17)16-9(15-6)18-8-12-1-2-13-8/h1-5H,(H,12,13)(H2,10,14,15,16). The number of nitrogens with zero attached hydrogens (tertiary/aromatic N) is 6. The second-order valence-corrected chi connectivity index (χ2v) is 4.20. The number of hydrogen-bond acceptors (Lipinski definition) is 7. The van der Waals surface area contributed by atoms with Gasteiger partial charge in [-0.3, -0.25) is 4.57 Å². The van der Waals surface area contributed by atoms with Crippen molar-refractivity contribution in [1.82, 2.24) is 34.5 Å². The number of hydrogen-bond donors (Lipinski definition) is 2. The molecule has 0 aliphatic heterocycles. The van der Waals surface area contributed by atoms with Crippen LogP contribution in [0.15, 0.2) is 41.4 Å². The zero-order valence-electron chi connectivity index (χ0n) is 9.06. The molecule has 3 aromatic heterocycles. The topological polar surface area (TPSA) is 111 Å². The number of aromatic nitrogens is 7. The van der Waals surface area contributed by atoms with Gasteiger partial charge in [-0.25, -0.2) is 9.97 Å². The molecule has 0 saturated carbocycles. The third-order valence-corrected chi connectivity index (χ3v) is 2.80. The lowest BCUT2D eigenvalue weighted by atomic mass is 10.8. The van der Waals surface area contributed by atoms with Crippen LogP contribution in [-0.2, 0) is 0 Å². The molecular formula is C9H8N8S. The van der Waals surface area contributed by atoms with Gasteiger partial charge in [0.15, 0.2) is 5.16 Å². The van der Waals surface area contributed by atoms with E-state index in [1.54, 1.807) is 35.7 Å². The van der Waals surface area contributed by atoms with Crippen LogP contribution in [0.3, 0.4) is 0 Å². The predicted molar refractivity (Wildman–Crippen MR) is 64.1 cm³/mol. The van der Waals surface area contributed by atoms with Crippen LogP contribution >= 0.6 is 11.8 Å². The SMILES string of the molecule is Nc1nc(Sc2ncc[nH]2)nc(-n2ccnc2)n1. The molecular weight excluding hydrogens is 252 g/mol. The van der Waals surface area contributed by atoms with Crippen molar-refractivity contribution in [2.75, 3.05) is 5.73 Å². The molecule has 3 heterocycles. The van der Waals surface area contributed by atoms with E-state index in [-0.39, 0.29) is 5.95 Å². The van der Waals surface area contributed by atoms with Gasteiger partial charge < -0.3 is 10.7 Å². The van der Waals surface area contributed by atoms with Crippen LogP contribution in [0.25, 0.3) is 5.95 Å². The molecule has 0 saturated heterocycles. The fraction of sp³-hybridized carbons (Fsp3) is 0. The molecule has 3 aromatic rings. The van der Waals surface area contributed by atoms with Gasteiger partial charge in [0.2, 0.25) is 17.1 Å². The number of rotatable bonds is 3. The van der Waals surface area contributed by atoms with Crippen LogP contribution < -0.4 is 5.73 Å². The normalized spacial score (nSPS) is 10.7. The lowest BCUT2D eigenvalue weighted by molar-refractivity contribution is 0.829. The average molecular weight is 260 g/mol. The van der Waals surface area contributed by atoms with Crippen molar-refractivity contribution >= 4 is 17.7 Å². The van der Waals surface area contributed by atoms with Gasteiger partial charge in [-0.15, -0.1) is 0 Å². The molecule has 8 nitrogen and oxygen atoms in total. The molecule has 18 heavy (non-hydrogen) atoms. The second-order valence-electron chi connectivity index (χ2n) is 3.24. The summed E-state index contributed by atoms with van der Waals surface area (Å²) in [5.41, 5.74) is 5.65. The fourth-order valence-corrected chi connectivity index (χ4v) is 1.97. The van der Waals surface area contributed by atoms with Crippen molar-refractivity contribution in [1.29, 1.82) is 0 Å². The average Bonchev–Trinajstić information content (AvgIpc) is 3.00. The first-order valence-corrected chi connectivity index (χ1v) is 5.80. The number of imidazole rings is 2. The zero-order chi connectivity index (χ0) is 12.4. The van der Waals surface area contributed by atoms with Crippen LogP contribution in [0.2, 0.25) is 0 Å². The zero-order valence-corrected chi connectivity index (χ0v) is 9.87. The van der Waals surface area contributed by atoms with E-state index in [9.17, 15) is 0 Å². The first-order valence-electron chi connectivity index (χ1n) is 4.98. The second kappa shape index (κ2) is 4.45. The minimum Gasteiger partial charge on any atom is -0.368 e. The smallest absolute Gasteiger partial charge is 0.240 e. The Bertz CT molecular complexity index is 633. The van der Waals surface area contributed by atoms with E-state index in [1.807, 2.05) is 0 Å². The molecule has 0 spiro atoms. The Balaban J connectivity index is 1.96. The van der Waals surface area contributed by atoms with Crippen molar-refractivity contribution in [2.45, 2.75) is 10.3 Å². The summed E-state index contributed by atoms with van der Waals surface area (Å²) in [7, 11) is 0. The molecule has 0 amide bonds. The number of nitrogens with two attached hydrogens (primary N) is 1. The summed E-state index contributed by atoms with van der Waals surface area (Å²) in [6, 6.07) is 0. The van der Waals surface area contributed by atoms with Gasteiger partial charge in [0.05, 0.1) is 0 Å². The lowest BCUT2D eigenvalue weighted by Gasteiger charge is -2.03. The molecule has 9 heteroatoms. The van der Waals surface area contributed by atoms with Gasteiger partial charge in [-0.2, -0.15) is 15.0 Å². The molecule has 0 unspecified atom stereocenters. The molecule has 0 aromatic carbocycles. The van der Waals surface area contributed by atoms with E-state index in [2.05, 4.69) is 29.9 Å². The number of anilines is 1. The highest BCUT2D eigenvalue weighted by atomic mass is 32.2. The van der Waals surface area contributed by atoms with Crippen LogP contribution in [0.1, 0.15) is 0 Å². The van der Waals surface area contributed by atoms with Gasteiger partial charge in [0, 0.05) is 24.8 Å². The van der Waals surface area contributed by atoms with E-state index in [0.29, 0.717) is 16.3 Å². The highest BCUT2D eigenvalue weighted by molar-refractivity contribution is 7.99. The maximum absolute atomic E-state index is 5.65. The molecule has 0 aliphatic rings. The Morgan fingerprint density at radius 1 is 1.22 bits per heavy atom. The molecule has 0 bridgehead atoms. The third-order valence-electron chi connectivity index (χ3n) is 2.02. The Kier molecular flexibility index (Phi) is 2.65. The van der Waals surface area contributed by atoms with Crippen molar-refractivity contribution in [3.05, 3.63) is 31.1 Å². The quantitative estimate of drug-likeness (QED) is 0.705. The summed E-state index contributed by atoms with van der Waals surface area (Å²) in [4.78, 5) is 23.3. The largest absolute Gasteiger partial charge is 0.368 e. The molecule has 3 N–H and O–H groups in total. The van der Waals surface area contributed by atoms with Crippen molar-refractivity contribution < 1.29 is 0 Å². The summed E-state index contributed by atoms with van der Waals surface area (Å²) >= 11 is 1.28. The molecule has 0 aliphatic carbocycles. The van der Waals surface area contributed by atoms with E-state index in [0.717, 1.165) is 0 Å². The molecule has 0 atom stereocenters. The van der Waals surface area contributed by atoms with Crippen LogP contribution in [-0.4, -0.2) is 34.5 Å². The minimum atomic E-state index is 0.155. The van der Waals surface area contributed by atoms with Gasteiger partial charge >= 0.3 is 0 Å². The highest BCUT2D eigenvalue weighted by Gasteiger charge is 2.08. The summed E-state index contributed by atoms with van der Waals surface area (Å²) in [6.45, 7) is 0. The van der Waals surface area contributed by atoms with Crippen LogP contribution in [0, 0.1) is 0 Å². The Morgan fingerprint density at radius 3 is 2.89 bits per heavy atom. The first kappa shape index (κ1) is 10.7. The lowest BCUT2D eigenvalue weighted by Crippen LogP contribution is -2.06. The Hall–Kier alpha value is -2.42. The van der Waals surface area contributed by atoms with Crippen molar-refractivity contribution in [3.63, 3.8) is 0 Å². The Labute approximate surface area is 106 Å². The van der Waals surface area contributed by atoms with E-state index >= 15 is 0 Å². The maximum Gasteiger partial charge on any atom is 0.240 e. The first-order chi connectivity index (χ1) is 8.81. The maximum atomic E-state index is 5.65. The Morgan fingerprint density at radius 2 is 2.17 bits per heavy atom. The van der Waals surface area contributed by atoms with E-state index in [1.165, 1.54) is 11.8 Å². The fourth-order valence-electron chi connectivity index (χ4n) is 1.29. The molecule has 0 radical (unpaired) electrons. The van der Waals surface area contributed by atoms with Crippen molar-refractivity contribution in [2.24, 2.45) is 0 Å². The van der Waals surface area contributed by atoms with E-state index < -0.39 is 0 Å². The highest BCUT2D eigenvalue weighted by Crippen LogP contribution is 2.21. The number of aromatic amines is 1. The number of nitrogen functional groups attached to an aromatic ring is 1. The van der Waals surface area contributed by atoms with Gasteiger partial charge in [-0.05, 0) is 11.8 Å². The van der Waals surface area contributed by atoms with Gasteiger partial charge in [0.1, 0.15) is 6.33 Å². The predicted octanol–water partition coefficient (Wildman–Crippen LogP) is 0.514. The summed E-state index contributed by atoms with van der Waals surface area (Å²) in [5, 5.41) is 1.17. The van der Waals surface area contributed by atoms with Gasteiger partial charge in [0.25, 0.3) is 0 Å². The van der Waals surface area contributed by atoms with Crippen molar-refractivity contribution in [3.8, 4) is 5.95 Å². The summed E-state index contributed by atoms with van der Waals surface area (Å²) < 4.78 is 1.66. The number of H-pyrrole nitrogens is 1. The van der Waals surface area contributed by atoms with Crippen LogP contribution in [0.5, 0.6) is 0 Å². The third kappa shape index (κ3) is 2.15. The monoisotopic (exact) mass is 260 g/mol. The molecule has 0 fully saturated rings. The molecule has 90 valence electrons. The minimum absolute atomic E-state index is 0.155. The van der Waals surface area contributed by atoms with Gasteiger partial charge in [-0.1, -0.05) is 0 Å². The number of nitrogens with one attached hydrogen (secondary N) is 1. The summed E-state index contributed by atoms with van der Waals surface area (Å²) in [6.07, 6.45) is 8.35. The molecule has 3 rings (SSSR count). The van der Waals surface area contributed by atoms with E-state index in [4.69, 9.17) is 5.73 Å². The summed E-state index contributed by atoms with van der Waals surface area (Å²) in [5.74, 6) is 0.580.